The summed E-state index contributed by atoms with van der Waals surface area (Å²) in [5.41, 5.74) is 6.62. The van der Waals surface area contributed by atoms with E-state index in [0.29, 0.717) is 30.8 Å². The highest BCUT2D eigenvalue weighted by Crippen LogP contribution is 2.20. The topological polar surface area (TPSA) is 88.1 Å². The highest BCUT2D eigenvalue weighted by atomic mass is 28.3. The van der Waals surface area contributed by atoms with Gasteiger partial charge in [0, 0.05) is 14.7 Å². The number of aromatic nitrogens is 4. The standard InChI is InChI=1S/C15H27N5O2Si/c1-5-6-7-22-15-18-13(16)12-10-17-20(14(12)19-15)11-21-8-9-23(2,3)4/h10H,5-9,11H2,1-4H3,(H2,16,18,19). The third-order valence-corrected chi connectivity index (χ3v) is 5.15. The van der Waals surface area contributed by atoms with Gasteiger partial charge in [-0.2, -0.15) is 15.1 Å². The predicted octanol–water partition coefficient (Wildman–Crippen LogP) is 2.90. The number of hydrogen-bond donors (Lipinski definition) is 1. The van der Waals surface area contributed by atoms with Crippen molar-refractivity contribution in [1.82, 2.24) is 19.7 Å². The first-order valence-corrected chi connectivity index (χ1v) is 11.8. The van der Waals surface area contributed by atoms with Gasteiger partial charge in [0.25, 0.3) is 0 Å². The molecule has 0 saturated carbocycles. The summed E-state index contributed by atoms with van der Waals surface area (Å²) in [6.07, 6.45) is 3.68. The second-order valence-corrected chi connectivity index (χ2v) is 12.4. The molecule has 2 rings (SSSR count). The second-order valence-electron chi connectivity index (χ2n) is 6.82. The van der Waals surface area contributed by atoms with Gasteiger partial charge in [0.15, 0.2) is 5.65 Å². The number of unbranched alkanes of at least 4 members (excludes halogenated alkanes) is 1. The van der Waals surface area contributed by atoms with Crippen LogP contribution in [0.3, 0.4) is 0 Å². The Morgan fingerprint density at radius 3 is 2.70 bits per heavy atom. The number of ether oxygens (including phenoxy) is 2. The van der Waals surface area contributed by atoms with Crippen LogP contribution >= 0.6 is 0 Å². The number of nitrogen functional groups attached to an aromatic ring is 1. The van der Waals surface area contributed by atoms with Gasteiger partial charge < -0.3 is 15.2 Å². The molecule has 0 saturated heterocycles. The summed E-state index contributed by atoms with van der Waals surface area (Å²) < 4.78 is 13.0. The minimum atomic E-state index is -1.09. The molecule has 2 N–H and O–H groups in total. The normalized spacial score (nSPS) is 12.0. The van der Waals surface area contributed by atoms with Crippen LogP contribution in [-0.2, 0) is 11.5 Å². The fourth-order valence-electron chi connectivity index (χ4n) is 1.95. The van der Waals surface area contributed by atoms with E-state index in [-0.39, 0.29) is 0 Å². The Balaban J connectivity index is 2.05. The molecule has 2 heterocycles. The van der Waals surface area contributed by atoms with Crippen LogP contribution in [0.5, 0.6) is 6.01 Å². The Labute approximate surface area is 138 Å². The lowest BCUT2D eigenvalue weighted by Crippen LogP contribution is -2.22. The molecule has 0 aliphatic rings. The number of nitrogens with two attached hydrogens (primary N) is 1. The summed E-state index contributed by atoms with van der Waals surface area (Å²) in [7, 11) is -1.09. The highest BCUT2D eigenvalue weighted by molar-refractivity contribution is 6.76. The maximum atomic E-state index is 5.97. The molecule has 0 atom stereocenters. The highest BCUT2D eigenvalue weighted by Gasteiger charge is 2.14. The van der Waals surface area contributed by atoms with Gasteiger partial charge >= 0.3 is 6.01 Å². The lowest BCUT2D eigenvalue weighted by Gasteiger charge is -2.15. The molecule has 23 heavy (non-hydrogen) atoms. The van der Waals surface area contributed by atoms with Crippen LogP contribution in [0.15, 0.2) is 6.20 Å². The lowest BCUT2D eigenvalue weighted by molar-refractivity contribution is 0.0812. The average Bonchev–Trinajstić information content (AvgIpc) is 2.87. The Morgan fingerprint density at radius 2 is 2.00 bits per heavy atom. The molecule has 2 aromatic heterocycles. The van der Waals surface area contributed by atoms with Crippen LogP contribution in [0, 0.1) is 0 Å². The minimum Gasteiger partial charge on any atom is -0.463 e. The van der Waals surface area contributed by atoms with Crippen molar-refractivity contribution in [2.24, 2.45) is 0 Å². The van der Waals surface area contributed by atoms with Crippen molar-refractivity contribution in [1.29, 1.82) is 0 Å². The molecule has 0 spiro atoms. The van der Waals surface area contributed by atoms with E-state index in [1.54, 1.807) is 10.9 Å². The SMILES string of the molecule is CCCCOc1nc(N)c2cnn(COCC[Si](C)(C)C)c2n1. The molecule has 7 nitrogen and oxygen atoms in total. The Kier molecular flexibility index (Phi) is 5.95. The molecule has 0 aliphatic carbocycles. The number of nitrogens with zero attached hydrogens (tertiary/aromatic N) is 4. The van der Waals surface area contributed by atoms with Crippen LogP contribution in [-0.4, -0.2) is 41.0 Å². The van der Waals surface area contributed by atoms with Gasteiger partial charge in [0.05, 0.1) is 18.2 Å². The number of anilines is 1. The molecule has 0 aromatic carbocycles. The zero-order valence-corrected chi connectivity index (χ0v) is 15.5. The van der Waals surface area contributed by atoms with Gasteiger partial charge in [-0.3, -0.25) is 0 Å². The van der Waals surface area contributed by atoms with Gasteiger partial charge in [-0.25, -0.2) is 4.68 Å². The van der Waals surface area contributed by atoms with Gasteiger partial charge in [0.1, 0.15) is 12.5 Å². The van der Waals surface area contributed by atoms with E-state index >= 15 is 0 Å². The van der Waals surface area contributed by atoms with Gasteiger partial charge in [0.2, 0.25) is 0 Å². The van der Waals surface area contributed by atoms with Crippen LogP contribution in [0.2, 0.25) is 25.7 Å². The van der Waals surface area contributed by atoms with Crippen LogP contribution in [0.25, 0.3) is 11.0 Å². The molecule has 2 aromatic rings. The Bertz CT molecular complexity index is 639. The van der Waals surface area contributed by atoms with Gasteiger partial charge in [-0.1, -0.05) is 33.0 Å². The van der Waals surface area contributed by atoms with Crippen molar-refractivity contribution in [3.63, 3.8) is 0 Å². The molecule has 0 radical (unpaired) electrons. The fourth-order valence-corrected chi connectivity index (χ4v) is 2.71. The van der Waals surface area contributed by atoms with E-state index < -0.39 is 8.07 Å². The van der Waals surface area contributed by atoms with E-state index in [4.69, 9.17) is 15.2 Å². The van der Waals surface area contributed by atoms with Crippen molar-refractivity contribution < 1.29 is 9.47 Å². The first kappa shape index (κ1) is 17.7. The molecule has 128 valence electrons. The van der Waals surface area contributed by atoms with E-state index in [2.05, 4.69) is 41.6 Å². The first-order valence-electron chi connectivity index (χ1n) is 8.10. The van der Waals surface area contributed by atoms with Crippen LogP contribution in [0.4, 0.5) is 5.82 Å². The summed E-state index contributed by atoms with van der Waals surface area (Å²) in [4.78, 5) is 8.58. The fraction of sp³-hybridized carbons (Fsp3) is 0.667. The summed E-state index contributed by atoms with van der Waals surface area (Å²) in [5, 5.41) is 5.02. The van der Waals surface area contributed by atoms with Crippen molar-refractivity contribution in [2.45, 2.75) is 52.2 Å². The zero-order valence-electron chi connectivity index (χ0n) is 14.5. The molecule has 0 fully saturated rings. The monoisotopic (exact) mass is 337 g/mol. The largest absolute Gasteiger partial charge is 0.463 e. The van der Waals surface area contributed by atoms with Crippen LogP contribution < -0.4 is 10.5 Å². The first-order chi connectivity index (χ1) is 10.9. The molecule has 0 bridgehead atoms. The van der Waals surface area contributed by atoms with E-state index in [1.165, 1.54) is 0 Å². The Hall–Kier alpha value is -1.67. The smallest absolute Gasteiger partial charge is 0.320 e. The van der Waals surface area contributed by atoms with Gasteiger partial charge in [-0.05, 0) is 12.5 Å². The Morgan fingerprint density at radius 1 is 1.22 bits per heavy atom. The number of fused-ring (bicyclic) bond motifs is 1. The van der Waals surface area contributed by atoms with Crippen molar-refractivity contribution >= 4 is 24.9 Å². The maximum Gasteiger partial charge on any atom is 0.320 e. The van der Waals surface area contributed by atoms with E-state index in [9.17, 15) is 0 Å². The zero-order chi connectivity index (χ0) is 16.9. The van der Waals surface area contributed by atoms with Crippen molar-refractivity contribution in [3.8, 4) is 6.01 Å². The lowest BCUT2D eigenvalue weighted by atomic mass is 10.4. The molecule has 0 amide bonds. The summed E-state index contributed by atoms with van der Waals surface area (Å²) in [5.74, 6) is 0.384. The summed E-state index contributed by atoms with van der Waals surface area (Å²) in [6, 6.07) is 1.42. The van der Waals surface area contributed by atoms with E-state index in [1.807, 2.05) is 0 Å². The molecule has 8 heteroatoms. The molecular formula is C15H27N5O2Si. The average molecular weight is 338 g/mol. The third-order valence-electron chi connectivity index (χ3n) is 3.44. The molecule has 0 aliphatic heterocycles. The van der Waals surface area contributed by atoms with Crippen LogP contribution in [0.1, 0.15) is 19.8 Å². The minimum absolute atomic E-state index is 0.298. The van der Waals surface area contributed by atoms with Gasteiger partial charge in [-0.15, -0.1) is 0 Å². The molecular weight excluding hydrogens is 310 g/mol. The number of hydrogen-bond acceptors (Lipinski definition) is 6. The number of rotatable bonds is 9. The quantitative estimate of drug-likeness (QED) is 0.559. The third kappa shape index (κ3) is 5.17. The maximum absolute atomic E-state index is 5.97. The summed E-state index contributed by atoms with van der Waals surface area (Å²) >= 11 is 0. The van der Waals surface area contributed by atoms with Crippen molar-refractivity contribution in [3.05, 3.63) is 6.20 Å². The summed E-state index contributed by atoms with van der Waals surface area (Å²) in [6.45, 7) is 10.8. The van der Waals surface area contributed by atoms with E-state index in [0.717, 1.165) is 30.9 Å². The predicted molar refractivity (Wildman–Crippen MR) is 94.2 cm³/mol. The second kappa shape index (κ2) is 7.74. The molecule has 0 unspecified atom stereocenters. The van der Waals surface area contributed by atoms with Crippen molar-refractivity contribution in [2.75, 3.05) is 18.9 Å².